The molecule has 25 heavy (non-hydrogen) atoms. The number of benzene rings is 1. The second kappa shape index (κ2) is 5.62. The largest absolute Gasteiger partial charge is 0.450 e. The summed E-state index contributed by atoms with van der Waals surface area (Å²) in [6.45, 7) is 6.84. The van der Waals surface area contributed by atoms with E-state index in [-0.39, 0.29) is 11.5 Å². The molecule has 0 fully saturated rings. The smallest absolute Gasteiger partial charge is 0.290 e. The summed E-state index contributed by atoms with van der Waals surface area (Å²) in [6.07, 6.45) is 2.34. The number of hydrogen-bond acceptors (Lipinski definition) is 3. The maximum absolute atomic E-state index is 13.1. The third kappa shape index (κ3) is 2.38. The van der Waals surface area contributed by atoms with E-state index in [1.807, 2.05) is 39.0 Å². The minimum Gasteiger partial charge on any atom is -0.450 e. The number of rotatable bonds is 1. The number of aromatic nitrogens is 1. The van der Waals surface area contributed by atoms with Gasteiger partial charge in [-0.2, -0.15) is 0 Å². The molecular weight excluding hydrogens is 316 g/mol. The molecule has 5 nitrogen and oxygen atoms in total. The molecule has 0 unspecified atom stereocenters. The molecule has 0 aliphatic carbocycles. The molecular formula is C20H20N2O3. The molecule has 2 aromatic heterocycles. The monoisotopic (exact) mass is 336 g/mol. The van der Waals surface area contributed by atoms with Crippen molar-refractivity contribution in [2.24, 2.45) is 0 Å². The topological polar surface area (TPSA) is 66.3 Å². The van der Waals surface area contributed by atoms with Gasteiger partial charge in [0, 0.05) is 29.3 Å². The first-order valence-corrected chi connectivity index (χ1v) is 8.45. The van der Waals surface area contributed by atoms with E-state index >= 15 is 0 Å². The van der Waals surface area contributed by atoms with Gasteiger partial charge in [0.1, 0.15) is 5.58 Å². The third-order valence-corrected chi connectivity index (χ3v) is 5.12. The highest BCUT2D eigenvalue weighted by Crippen LogP contribution is 2.32. The van der Waals surface area contributed by atoms with Crippen molar-refractivity contribution in [3.8, 4) is 0 Å². The fourth-order valence-corrected chi connectivity index (χ4v) is 3.68. The van der Waals surface area contributed by atoms with Crippen molar-refractivity contribution in [3.63, 3.8) is 0 Å². The summed E-state index contributed by atoms with van der Waals surface area (Å²) in [5.74, 6) is 0.226. The first-order chi connectivity index (χ1) is 12.0. The van der Waals surface area contributed by atoms with Crippen LogP contribution in [0.1, 0.15) is 38.4 Å². The number of amides is 1. The Labute approximate surface area is 145 Å². The van der Waals surface area contributed by atoms with E-state index in [0.29, 0.717) is 30.8 Å². The number of furan rings is 1. The highest BCUT2D eigenvalue weighted by atomic mass is 16.3. The Hall–Kier alpha value is -2.82. The van der Waals surface area contributed by atoms with Gasteiger partial charge in [-0.15, -0.1) is 0 Å². The fraction of sp³-hybridized carbons (Fsp3) is 0.300. The zero-order valence-electron chi connectivity index (χ0n) is 14.6. The molecule has 3 heterocycles. The average molecular weight is 336 g/mol. The van der Waals surface area contributed by atoms with Crippen molar-refractivity contribution in [1.82, 2.24) is 9.88 Å². The maximum Gasteiger partial charge on any atom is 0.290 e. The average Bonchev–Trinajstić information content (AvgIpc) is 2.96. The molecule has 5 heteroatoms. The van der Waals surface area contributed by atoms with E-state index in [9.17, 15) is 9.59 Å². The third-order valence-electron chi connectivity index (χ3n) is 5.12. The second-order valence-electron chi connectivity index (χ2n) is 6.75. The van der Waals surface area contributed by atoms with Crippen LogP contribution in [0.5, 0.6) is 0 Å². The van der Waals surface area contributed by atoms with Crippen molar-refractivity contribution >= 4 is 16.9 Å². The van der Waals surface area contributed by atoms with Crippen LogP contribution in [0.15, 0.2) is 33.6 Å². The molecule has 3 aromatic rings. The minimum atomic E-state index is -0.151. The molecule has 128 valence electrons. The van der Waals surface area contributed by atoms with Gasteiger partial charge < -0.3 is 14.3 Å². The van der Waals surface area contributed by atoms with Crippen LogP contribution in [0, 0.1) is 20.8 Å². The number of nitrogens with zero attached hydrogens (tertiary/aromatic N) is 1. The van der Waals surface area contributed by atoms with E-state index in [0.717, 1.165) is 33.2 Å². The van der Waals surface area contributed by atoms with E-state index in [4.69, 9.17) is 4.42 Å². The Kier molecular flexibility index (Phi) is 3.53. The molecule has 1 aliphatic rings. The van der Waals surface area contributed by atoms with Crippen LogP contribution >= 0.6 is 0 Å². The molecule has 0 bridgehead atoms. The normalized spacial score (nSPS) is 14.0. The first kappa shape index (κ1) is 15.7. The van der Waals surface area contributed by atoms with Gasteiger partial charge in [-0.1, -0.05) is 12.1 Å². The van der Waals surface area contributed by atoms with Crippen LogP contribution in [0.3, 0.4) is 0 Å². The van der Waals surface area contributed by atoms with E-state index in [1.165, 1.54) is 0 Å². The Morgan fingerprint density at radius 1 is 1.16 bits per heavy atom. The number of aryl methyl sites for hydroxylation is 3. The predicted molar refractivity (Wildman–Crippen MR) is 95.9 cm³/mol. The number of H-pyrrole nitrogens is 1. The number of carbonyl (C=O) groups excluding carboxylic acids is 1. The van der Waals surface area contributed by atoms with Crippen LogP contribution in [0.4, 0.5) is 0 Å². The number of nitrogens with one attached hydrogen (secondary N) is 1. The van der Waals surface area contributed by atoms with Crippen molar-refractivity contribution in [2.45, 2.75) is 33.7 Å². The molecule has 1 N–H and O–H groups in total. The zero-order chi connectivity index (χ0) is 17.7. The SMILES string of the molecule is Cc1ccc(C)c2c(C)c(C(=O)N3CCc4cc[nH]c(=O)c4C3)oc12. The molecule has 1 amide bonds. The molecule has 1 aromatic carbocycles. The number of carbonyl (C=O) groups is 1. The summed E-state index contributed by atoms with van der Waals surface area (Å²) in [5.41, 5.74) is 5.32. The molecule has 4 rings (SSSR count). The lowest BCUT2D eigenvalue weighted by Crippen LogP contribution is -2.38. The molecule has 0 radical (unpaired) electrons. The van der Waals surface area contributed by atoms with Gasteiger partial charge in [-0.25, -0.2) is 0 Å². The van der Waals surface area contributed by atoms with Crippen LogP contribution in [-0.2, 0) is 13.0 Å². The summed E-state index contributed by atoms with van der Waals surface area (Å²) in [5, 5.41) is 1.01. The number of pyridine rings is 1. The Balaban J connectivity index is 1.75. The van der Waals surface area contributed by atoms with Crippen molar-refractivity contribution in [2.75, 3.05) is 6.54 Å². The van der Waals surface area contributed by atoms with E-state index in [1.54, 1.807) is 11.1 Å². The predicted octanol–water partition coefficient (Wildman–Crippen LogP) is 3.24. The maximum atomic E-state index is 13.1. The molecule has 0 saturated carbocycles. The number of fused-ring (bicyclic) bond motifs is 2. The molecule has 0 spiro atoms. The number of aromatic amines is 1. The van der Waals surface area contributed by atoms with Gasteiger partial charge in [0.15, 0.2) is 5.76 Å². The van der Waals surface area contributed by atoms with Crippen LogP contribution < -0.4 is 5.56 Å². The van der Waals surface area contributed by atoms with Gasteiger partial charge in [0.2, 0.25) is 0 Å². The van der Waals surface area contributed by atoms with Gasteiger partial charge in [0.05, 0.1) is 6.54 Å². The summed E-state index contributed by atoms with van der Waals surface area (Å²) < 4.78 is 5.97. The zero-order valence-corrected chi connectivity index (χ0v) is 14.6. The van der Waals surface area contributed by atoms with Gasteiger partial charge in [0.25, 0.3) is 11.5 Å². The first-order valence-electron chi connectivity index (χ1n) is 8.45. The van der Waals surface area contributed by atoms with E-state index < -0.39 is 0 Å². The van der Waals surface area contributed by atoms with Crippen molar-refractivity contribution in [1.29, 1.82) is 0 Å². The summed E-state index contributed by atoms with van der Waals surface area (Å²) >= 11 is 0. The lowest BCUT2D eigenvalue weighted by atomic mass is 10.0. The fourth-order valence-electron chi connectivity index (χ4n) is 3.68. The second-order valence-corrected chi connectivity index (χ2v) is 6.75. The Morgan fingerprint density at radius 3 is 2.68 bits per heavy atom. The number of hydrogen-bond donors (Lipinski definition) is 1. The summed E-state index contributed by atoms with van der Waals surface area (Å²) in [7, 11) is 0. The summed E-state index contributed by atoms with van der Waals surface area (Å²) in [4.78, 5) is 29.5. The lowest BCUT2D eigenvalue weighted by Gasteiger charge is -2.27. The highest BCUT2D eigenvalue weighted by molar-refractivity contribution is 6.00. The van der Waals surface area contributed by atoms with Crippen LogP contribution in [0.25, 0.3) is 11.0 Å². The lowest BCUT2D eigenvalue weighted by molar-refractivity contribution is 0.0703. The van der Waals surface area contributed by atoms with Gasteiger partial charge in [-0.3, -0.25) is 9.59 Å². The Bertz CT molecular complexity index is 1060. The minimum absolute atomic E-state index is 0.122. The highest BCUT2D eigenvalue weighted by Gasteiger charge is 2.28. The molecule has 1 aliphatic heterocycles. The molecule has 0 saturated heterocycles. The molecule has 0 atom stereocenters. The van der Waals surface area contributed by atoms with Gasteiger partial charge >= 0.3 is 0 Å². The van der Waals surface area contributed by atoms with Crippen LogP contribution in [-0.4, -0.2) is 22.3 Å². The van der Waals surface area contributed by atoms with Crippen LogP contribution in [0.2, 0.25) is 0 Å². The van der Waals surface area contributed by atoms with E-state index in [2.05, 4.69) is 4.98 Å². The van der Waals surface area contributed by atoms with Gasteiger partial charge in [-0.05, 0) is 49.9 Å². The quantitative estimate of drug-likeness (QED) is 0.742. The standard InChI is InChI=1S/C20H20N2O3/c1-11-4-5-12(2)17-16(11)13(3)18(25-17)20(24)22-9-7-14-6-8-21-19(23)15(14)10-22/h4-6,8H,7,9-10H2,1-3H3,(H,21,23). The summed E-state index contributed by atoms with van der Waals surface area (Å²) in [6, 6.07) is 5.97. The van der Waals surface area contributed by atoms with Crippen molar-refractivity contribution < 1.29 is 9.21 Å². The van der Waals surface area contributed by atoms with Crippen molar-refractivity contribution in [3.05, 3.63) is 68.3 Å². The Morgan fingerprint density at radius 2 is 1.92 bits per heavy atom.